The summed E-state index contributed by atoms with van der Waals surface area (Å²) in [5.41, 5.74) is 0.742. The third-order valence-corrected chi connectivity index (χ3v) is 6.29. The second kappa shape index (κ2) is 12.4. The summed E-state index contributed by atoms with van der Waals surface area (Å²) in [5.74, 6) is -1.52. The zero-order valence-electron chi connectivity index (χ0n) is 22.5. The van der Waals surface area contributed by atoms with Crippen LogP contribution >= 0.6 is 11.6 Å². The molecular formula is C29H31ClFN5O4. The van der Waals surface area contributed by atoms with E-state index in [0.29, 0.717) is 23.7 Å². The Hall–Kier alpha value is -4.02. The van der Waals surface area contributed by atoms with E-state index >= 15 is 0 Å². The number of nitrogens with one attached hydrogen (secondary N) is 3. The van der Waals surface area contributed by atoms with Crippen molar-refractivity contribution in [1.82, 2.24) is 15.2 Å². The number of carbonyl (C=O) groups is 3. The van der Waals surface area contributed by atoms with Gasteiger partial charge in [-0.1, -0.05) is 23.7 Å². The number of rotatable bonds is 5. The maximum absolute atomic E-state index is 14.0. The molecule has 4 rings (SSSR count). The third kappa shape index (κ3) is 7.77. The Bertz CT molecular complexity index is 1380. The highest BCUT2D eigenvalue weighted by atomic mass is 35.5. The molecule has 1 aromatic heterocycles. The highest BCUT2D eigenvalue weighted by molar-refractivity contribution is 6.30. The van der Waals surface area contributed by atoms with E-state index in [0.717, 1.165) is 30.7 Å². The molecule has 3 N–H and O–H groups in total. The van der Waals surface area contributed by atoms with E-state index in [-0.39, 0.29) is 29.2 Å². The van der Waals surface area contributed by atoms with E-state index in [1.165, 1.54) is 18.3 Å². The molecule has 2 aromatic carbocycles. The number of halogens is 2. The van der Waals surface area contributed by atoms with Gasteiger partial charge in [0.1, 0.15) is 17.2 Å². The molecule has 1 saturated heterocycles. The van der Waals surface area contributed by atoms with Gasteiger partial charge in [0.25, 0.3) is 11.8 Å². The summed E-state index contributed by atoms with van der Waals surface area (Å²) in [4.78, 5) is 44.2. The van der Waals surface area contributed by atoms with Crippen LogP contribution in [0.2, 0.25) is 5.02 Å². The quantitative estimate of drug-likeness (QED) is 0.367. The molecule has 210 valence electrons. The fraction of sp³-hybridized carbons (Fsp3) is 0.310. The minimum atomic E-state index is -0.644. The van der Waals surface area contributed by atoms with Crippen LogP contribution in [0.15, 0.2) is 60.8 Å². The standard InChI is InChI=1S/C29H31ClFN5O4/c1-29(2,3)40-28(39)36-14-4-13-32-24(17-36)18-5-7-19(8-6-18)26(37)34-23-11-10-21(31)15-22(23)27(38)35-25-12-9-20(30)16-33-25/h5-12,15-16,24,32H,4,13-14,17H2,1-3H3,(H,34,37)(H,33,35,38). The van der Waals surface area contributed by atoms with E-state index in [9.17, 15) is 18.8 Å². The molecule has 0 bridgehead atoms. The first kappa shape index (κ1) is 29.0. The molecule has 2 heterocycles. The first-order valence-electron chi connectivity index (χ1n) is 12.8. The fourth-order valence-corrected chi connectivity index (χ4v) is 4.26. The minimum absolute atomic E-state index is 0.0633. The van der Waals surface area contributed by atoms with Crippen molar-refractivity contribution in [2.75, 3.05) is 30.3 Å². The van der Waals surface area contributed by atoms with E-state index in [1.807, 2.05) is 32.9 Å². The SMILES string of the molecule is CC(C)(C)OC(=O)N1CCCNC(c2ccc(C(=O)Nc3ccc(F)cc3C(=O)Nc3ccc(Cl)cn3)cc2)C1. The smallest absolute Gasteiger partial charge is 0.410 e. The van der Waals surface area contributed by atoms with Crippen molar-refractivity contribution in [3.8, 4) is 0 Å². The molecule has 0 spiro atoms. The first-order chi connectivity index (χ1) is 19.0. The van der Waals surface area contributed by atoms with Crippen molar-refractivity contribution < 1.29 is 23.5 Å². The lowest BCUT2D eigenvalue weighted by Crippen LogP contribution is -2.39. The Morgan fingerprint density at radius 3 is 2.48 bits per heavy atom. The summed E-state index contributed by atoms with van der Waals surface area (Å²) in [6.45, 7) is 7.24. The summed E-state index contributed by atoms with van der Waals surface area (Å²) in [6, 6.07) is 13.4. The van der Waals surface area contributed by atoms with Gasteiger partial charge < -0.3 is 25.6 Å². The summed E-state index contributed by atoms with van der Waals surface area (Å²) >= 11 is 5.83. The van der Waals surface area contributed by atoms with E-state index in [1.54, 1.807) is 23.1 Å². The van der Waals surface area contributed by atoms with Gasteiger partial charge in [0, 0.05) is 24.8 Å². The Morgan fingerprint density at radius 1 is 1.05 bits per heavy atom. The van der Waals surface area contributed by atoms with Crippen LogP contribution in [0.5, 0.6) is 0 Å². The first-order valence-corrected chi connectivity index (χ1v) is 13.2. The van der Waals surface area contributed by atoms with Crippen molar-refractivity contribution in [3.63, 3.8) is 0 Å². The monoisotopic (exact) mass is 567 g/mol. The van der Waals surface area contributed by atoms with Gasteiger partial charge in [0.05, 0.1) is 22.3 Å². The largest absolute Gasteiger partial charge is 0.444 e. The van der Waals surface area contributed by atoms with Gasteiger partial charge in [-0.25, -0.2) is 14.2 Å². The van der Waals surface area contributed by atoms with Gasteiger partial charge in [-0.2, -0.15) is 0 Å². The Morgan fingerprint density at radius 2 is 1.80 bits per heavy atom. The lowest BCUT2D eigenvalue weighted by Gasteiger charge is -2.28. The lowest BCUT2D eigenvalue weighted by atomic mass is 10.0. The number of hydrogen-bond acceptors (Lipinski definition) is 6. The number of pyridine rings is 1. The normalized spacial score (nSPS) is 15.6. The zero-order valence-corrected chi connectivity index (χ0v) is 23.2. The second-order valence-electron chi connectivity index (χ2n) is 10.4. The number of nitrogens with zero attached hydrogens (tertiary/aromatic N) is 2. The number of ether oxygens (including phenoxy) is 1. The van der Waals surface area contributed by atoms with Crippen LogP contribution in [0.1, 0.15) is 59.5 Å². The second-order valence-corrected chi connectivity index (χ2v) is 10.8. The predicted molar refractivity (Wildman–Crippen MR) is 151 cm³/mol. The number of amides is 3. The number of aromatic nitrogens is 1. The molecule has 0 saturated carbocycles. The van der Waals surface area contributed by atoms with Gasteiger partial charge in [-0.3, -0.25) is 9.59 Å². The van der Waals surface area contributed by atoms with Crippen LogP contribution < -0.4 is 16.0 Å². The Kier molecular flexibility index (Phi) is 9.01. The number of carbonyl (C=O) groups excluding carboxylic acids is 3. The highest BCUT2D eigenvalue weighted by Gasteiger charge is 2.27. The van der Waals surface area contributed by atoms with Gasteiger partial charge in [-0.15, -0.1) is 0 Å². The molecule has 3 aromatic rings. The molecular weight excluding hydrogens is 537 g/mol. The Balaban J connectivity index is 1.45. The molecule has 9 nitrogen and oxygen atoms in total. The molecule has 1 aliphatic rings. The third-order valence-electron chi connectivity index (χ3n) is 6.07. The minimum Gasteiger partial charge on any atom is -0.444 e. The van der Waals surface area contributed by atoms with Crippen molar-refractivity contribution in [3.05, 3.63) is 88.3 Å². The van der Waals surface area contributed by atoms with Crippen molar-refractivity contribution >= 4 is 41.0 Å². The van der Waals surface area contributed by atoms with Gasteiger partial charge in [0.15, 0.2) is 0 Å². The molecule has 3 amide bonds. The van der Waals surface area contributed by atoms with Crippen molar-refractivity contribution in [2.45, 2.75) is 38.8 Å². The molecule has 1 aliphatic heterocycles. The summed E-state index contributed by atoms with van der Waals surface area (Å²) in [6.07, 6.45) is 1.80. The van der Waals surface area contributed by atoms with Gasteiger partial charge >= 0.3 is 6.09 Å². The number of anilines is 2. The van der Waals surface area contributed by atoms with Crippen LogP contribution in [0.4, 0.5) is 20.7 Å². The maximum atomic E-state index is 14.0. The van der Waals surface area contributed by atoms with Crippen LogP contribution in [-0.4, -0.2) is 53.0 Å². The van der Waals surface area contributed by atoms with Gasteiger partial charge in [0.2, 0.25) is 0 Å². The molecule has 1 unspecified atom stereocenters. The topological polar surface area (TPSA) is 113 Å². The molecule has 1 fully saturated rings. The van der Waals surface area contributed by atoms with Crippen molar-refractivity contribution in [2.24, 2.45) is 0 Å². The fourth-order valence-electron chi connectivity index (χ4n) is 4.15. The van der Waals surface area contributed by atoms with Crippen LogP contribution in [0, 0.1) is 5.82 Å². The van der Waals surface area contributed by atoms with E-state index in [2.05, 4.69) is 20.9 Å². The zero-order chi connectivity index (χ0) is 28.9. The molecule has 0 radical (unpaired) electrons. The molecule has 1 atom stereocenters. The lowest BCUT2D eigenvalue weighted by molar-refractivity contribution is 0.0247. The number of benzene rings is 2. The summed E-state index contributed by atoms with van der Waals surface area (Å²) in [7, 11) is 0. The van der Waals surface area contributed by atoms with Crippen LogP contribution in [-0.2, 0) is 4.74 Å². The maximum Gasteiger partial charge on any atom is 0.410 e. The van der Waals surface area contributed by atoms with Crippen molar-refractivity contribution in [1.29, 1.82) is 0 Å². The van der Waals surface area contributed by atoms with E-state index in [4.69, 9.17) is 16.3 Å². The van der Waals surface area contributed by atoms with Gasteiger partial charge in [-0.05, 0) is 81.8 Å². The summed E-state index contributed by atoms with van der Waals surface area (Å²) < 4.78 is 19.5. The highest BCUT2D eigenvalue weighted by Crippen LogP contribution is 2.23. The van der Waals surface area contributed by atoms with Crippen LogP contribution in [0.25, 0.3) is 0 Å². The molecule has 0 aliphatic carbocycles. The number of hydrogen-bond donors (Lipinski definition) is 3. The van der Waals surface area contributed by atoms with Crippen LogP contribution in [0.3, 0.4) is 0 Å². The average Bonchev–Trinajstić information content (AvgIpc) is 3.17. The predicted octanol–water partition coefficient (Wildman–Crippen LogP) is 5.65. The molecule has 40 heavy (non-hydrogen) atoms. The summed E-state index contributed by atoms with van der Waals surface area (Å²) in [5, 5.41) is 9.10. The molecule has 11 heteroatoms. The average molecular weight is 568 g/mol. The van der Waals surface area contributed by atoms with E-state index < -0.39 is 23.2 Å². The Labute approximate surface area is 237 Å².